The lowest BCUT2D eigenvalue weighted by Crippen LogP contribution is -2.39. The first-order valence-corrected chi connectivity index (χ1v) is 7.93. The molecule has 0 saturated heterocycles. The van der Waals surface area contributed by atoms with Gasteiger partial charge in [-0.15, -0.1) is 0 Å². The Morgan fingerprint density at radius 3 is 2.68 bits per heavy atom. The standard InChI is InChI=1S/C19H18FN3O2/c20-15-7-4-8-17(12-15)23-10-9-18(22-23)19(25)21-16(13-24)11-14-5-2-1-3-6-14/h1-10,12,16,24H,11,13H2,(H,21,25). The van der Waals surface area contributed by atoms with Crippen LogP contribution in [0.15, 0.2) is 66.9 Å². The van der Waals surface area contributed by atoms with Gasteiger partial charge in [0.15, 0.2) is 5.69 Å². The third kappa shape index (κ3) is 4.30. The molecule has 0 aliphatic rings. The number of hydrogen-bond donors (Lipinski definition) is 2. The van der Waals surface area contributed by atoms with Crippen molar-refractivity contribution >= 4 is 5.91 Å². The van der Waals surface area contributed by atoms with E-state index < -0.39 is 6.04 Å². The minimum Gasteiger partial charge on any atom is -0.394 e. The van der Waals surface area contributed by atoms with Crippen molar-refractivity contribution in [1.29, 1.82) is 0 Å². The fourth-order valence-electron chi connectivity index (χ4n) is 2.53. The Bertz CT molecular complexity index is 849. The average Bonchev–Trinajstić information content (AvgIpc) is 3.12. The Morgan fingerprint density at radius 2 is 1.96 bits per heavy atom. The zero-order valence-corrected chi connectivity index (χ0v) is 13.5. The van der Waals surface area contributed by atoms with E-state index in [4.69, 9.17) is 0 Å². The van der Waals surface area contributed by atoms with Crippen molar-refractivity contribution in [3.05, 3.63) is 83.9 Å². The topological polar surface area (TPSA) is 67.2 Å². The predicted molar refractivity (Wildman–Crippen MR) is 92.0 cm³/mol. The highest BCUT2D eigenvalue weighted by atomic mass is 19.1. The van der Waals surface area contributed by atoms with Gasteiger partial charge >= 0.3 is 0 Å². The molecule has 128 valence electrons. The van der Waals surface area contributed by atoms with Crippen LogP contribution in [0.1, 0.15) is 16.1 Å². The molecule has 3 rings (SSSR count). The Morgan fingerprint density at radius 1 is 1.16 bits per heavy atom. The van der Waals surface area contributed by atoms with Gasteiger partial charge in [-0.2, -0.15) is 5.10 Å². The molecular formula is C19H18FN3O2. The Labute approximate surface area is 144 Å². The van der Waals surface area contributed by atoms with E-state index in [1.807, 2.05) is 30.3 Å². The van der Waals surface area contributed by atoms with Gasteiger partial charge < -0.3 is 10.4 Å². The minimum absolute atomic E-state index is 0.175. The summed E-state index contributed by atoms with van der Waals surface area (Å²) in [4.78, 5) is 12.3. The number of rotatable bonds is 6. The summed E-state index contributed by atoms with van der Waals surface area (Å²) in [6.07, 6.45) is 2.11. The maximum Gasteiger partial charge on any atom is 0.272 e. The van der Waals surface area contributed by atoms with Crippen molar-refractivity contribution in [2.24, 2.45) is 0 Å². The molecule has 1 heterocycles. The Hall–Kier alpha value is -2.99. The first kappa shape index (κ1) is 16.9. The van der Waals surface area contributed by atoms with Gasteiger partial charge in [0, 0.05) is 6.20 Å². The van der Waals surface area contributed by atoms with Crippen LogP contribution in [-0.2, 0) is 6.42 Å². The van der Waals surface area contributed by atoms with Gasteiger partial charge in [-0.25, -0.2) is 9.07 Å². The molecular weight excluding hydrogens is 321 g/mol. The van der Waals surface area contributed by atoms with E-state index in [2.05, 4.69) is 10.4 Å². The lowest BCUT2D eigenvalue weighted by atomic mass is 10.1. The molecule has 1 unspecified atom stereocenters. The number of hydrogen-bond acceptors (Lipinski definition) is 3. The second kappa shape index (κ2) is 7.72. The van der Waals surface area contributed by atoms with Crippen LogP contribution >= 0.6 is 0 Å². The van der Waals surface area contributed by atoms with Gasteiger partial charge in [-0.3, -0.25) is 4.79 Å². The van der Waals surface area contributed by atoms with E-state index in [0.29, 0.717) is 12.1 Å². The molecule has 6 heteroatoms. The molecule has 1 amide bonds. The Kier molecular flexibility index (Phi) is 5.20. The molecule has 1 atom stereocenters. The largest absolute Gasteiger partial charge is 0.394 e. The quantitative estimate of drug-likeness (QED) is 0.724. The molecule has 1 aromatic heterocycles. The molecule has 0 fully saturated rings. The van der Waals surface area contributed by atoms with E-state index in [0.717, 1.165) is 5.56 Å². The molecule has 5 nitrogen and oxygen atoms in total. The lowest BCUT2D eigenvalue weighted by molar-refractivity contribution is 0.0911. The number of nitrogens with one attached hydrogen (secondary N) is 1. The first-order valence-electron chi connectivity index (χ1n) is 7.93. The van der Waals surface area contributed by atoms with E-state index in [1.165, 1.54) is 16.8 Å². The van der Waals surface area contributed by atoms with Gasteiger partial charge in [0.05, 0.1) is 18.3 Å². The summed E-state index contributed by atoms with van der Waals surface area (Å²) in [5, 5.41) is 16.5. The van der Waals surface area contributed by atoms with Crippen molar-refractivity contribution in [2.75, 3.05) is 6.61 Å². The van der Waals surface area contributed by atoms with Gasteiger partial charge in [0.1, 0.15) is 5.82 Å². The van der Waals surface area contributed by atoms with Crippen LogP contribution in [0.2, 0.25) is 0 Å². The number of carbonyl (C=O) groups is 1. The summed E-state index contributed by atoms with van der Waals surface area (Å²) in [5.74, 6) is -0.757. The lowest BCUT2D eigenvalue weighted by Gasteiger charge is -2.15. The average molecular weight is 339 g/mol. The smallest absolute Gasteiger partial charge is 0.272 e. The predicted octanol–water partition coefficient (Wildman–Crippen LogP) is 2.34. The number of benzene rings is 2. The van der Waals surface area contributed by atoms with Crippen molar-refractivity contribution < 1.29 is 14.3 Å². The third-order valence-corrected chi connectivity index (χ3v) is 3.77. The van der Waals surface area contributed by atoms with Crippen LogP contribution < -0.4 is 5.32 Å². The van der Waals surface area contributed by atoms with Crippen molar-refractivity contribution in [3.63, 3.8) is 0 Å². The number of nitrogens with zero attached hydrogens (tertiary/aromatic N) is 2. The summed E-state index contributed by atoms with van der Waals surface area (Å²) >= 11 is 0. The summed E-state index contributed by atoms with van der Waals surface area (Å²) in [7, 11) is 0. The van der Waals surface area contributed by atoms with Crippen LogP contribution in [0.3, 0.4) is 0 Å². The highest BCUT2D eigenvalue weighted by molar-refractivity contribution is 5.92. The van der Waals surface area contributed by atoms with Crippen molar-refractivity contribution in [2.45, 2.75) is 12.5 Å². The van der Waals surface area contributed by atoms with Crippen molar-refractivity contribution in [3.8, 4) is 5.69 Å². The van der Waals surface area contributed by atoms with Gasteiger partial charge in [0.25, 0.3) is 5.91 Å². The molecule has 3 aromatic rings. The van der Waals surface area contributed by atoms with Gasteiger partial charge in [-0.1, -0.05) is 36.4 Å². The maximum atomic E-state index is 13.3. The van der Waals surface area contributed by atoms with Gasteiger partial charge in [0.2, 0.25) is 0 Å². The zero-order valence-electron chi connectivity index (χ0n) is 13.5. The number of aliphatic hydroxyl groups is 1. The number of carbonyl (C=O) groups excluding carboxylic acids is 1. The summed E-state index contributed by atoms with van der Waals surface area (Å²) in [6.45, 7) is -0.175. The Balaban J connectivity index is 1.68. The molecule has 0 aliphatic heterocycles. The van der Waals surface area contributed by atoms with Crippen LogP contribution in [0.25, 0.3) is 5.69 Å². The normalized spacial score (nSPS) is 11.9. The summed E-state index contributed by atoms with van der Waals surface area (Å²) < 4.78 is 14.7. The molecule has 2 aromatic carbocycles. The molecule has 0 spiro atoms. The van der Waals surface area contributed by atoms with Crippen LogP contribution in [0, 0.1) is 5.82 Å². The molecule has 0 bridgehead atoms. The SMILES string of the molecule is O=C(NC(CO)Cc1ccccc1)c1ccn(-c2cccc(F)c2)n1. The van der Waals surface area contributed by atoms with Gasteiger partial charge in [-0.05, 0) is 36.2 Å². The highest BCUT2D eigenvalue weighted by Crippen LogP contribution is 2.10. The van der Waals surface area contributed by atoms with Crippen molar-refractivity contribution in [1.82, 2.24) is 15.1 Å². The summed E-state index contributed by atoms with van der Waals surface area (Å²) in [6, 6.07) is 16.7. The number of amides is 1. The summed E-state index contributed by atoms with van der Waals surface area (Å²) in [5.41, 5.74) is 1.75. The number of halogens is 1. The minimum atomic E-state index is -0.408. The fourth-order valence-corrected chi connectivity index (χ4v) is 2.53. The van der Waals surface area contributed by atoms with E-state index in [1.54, 1.807) is 24.4 Å². The second-order valence-corrected chi connectivity index (χ2v) is 5.67. The molecule has 0 saturated carbocycles. The molecule has 0 radical (unpaired) electrons. The number of aliphatic hydroxyl groups excluding tert-OH is 1. The van der Waals surface area contributed by atoms with Crippen LogP contribution in [-0.4, -0.2) is 33.4 Å². The molecule has 25 heavy (non-hydrogen) atoms. The maximum absolute atomic E-state index is 13.3. The second-order valence-electron chi connectivity index (χ2n) is 5.67. The van der Waals surface area contributed by atoms with Crippen LogP contribution in [0.4, 0.5) is 4.39 Å². The third-order valence-electron chi connectivity index (χ3n) is 3.77. The fraction of sp³-hybridized carbons (Fsp3) is 0.158. The molecule has 2 N–H and O–H groups in total. The van der Waals surface area contributed by atoms with Crippen LogP contribution in [0.5, 0.6) is 0 Å². The highest BCUT2D eigenvalue weighted by Gasteiger charge is 2.16. The first-order chi connectivity index (χ1) is 12.2. The monoisotopic (exact) mass is 339 g/mol. The number of aromatic nitrogens is 2. The van der Waals surface area contributed by atoms with E-state index in [-0.39, 0.29) is 24.0 Å². The zero-order chi connectivity index (χ0) is 17.6. The van der Waals surface area contributed by atoms with E-state index >= 15 is 0 Å². The van der Waals surface area contributed by atoms with E-state index in [9.17, 15) is 14.3 Å². The molecule has 0 aliphatic carbocycles.